The van der Waals surface area contributed by atoms with Crippen LogP contribution in [0.2, 0.25) is 0 Å². The molecule has 1 saturated carbocycles. The standard InChI is InChI=1S/C25H31N5O6S/c1-5-17(21(31)28-20-16(12-27-29(20)4)24(33)35-6-2)30-13-26-22-18(23(30)32)14(3)19(37-22)25(34)36-15-10-8-7-9-11-15/h12-13,15,17H,5-11H2,1-4H3,(H,28,31). The van der Waals surface area contributed by atoms with Gasteiger partial charge >= 0.3 is 11.9 Å². The van der Waals surface area contributed by atoms with Crippen LogP contribution in [-0.2, 0) is 21.3 Å². The Labute approximate surface area is 217 Å². The average molecular weight is 530 g/mol. The van der Waals surface area contributed by atoms with E-state index < -0.39 is 29.4 Å². The third-order valence-electron chi connectivity index (χ3n) is 6.59. The minimum Gasteiger partial charge on any atom is -0.462 e. The van der Waals surface area contributed by atoms with Gasteiger partial charge in [0, 0.05) is 7.05 Å². The van der Waals surface area contributed by atoms with Crippen LogP contribution in [-0.4, -0.2) is 49.9 Å². The highest BCUT2D eigenvalue weighted by molar-refractivity contribution is 7.20. The quantitative estimate of drug-likeness (QED) is 0.436. The van der Waals surface area contributed by atoms with E-state index in [9.17, 15) is 19.2 Å². The summed E-state index contributed by atoms with van der Waals surface area (Å²) in [4.78, 5) is 57.1. The number of nitrogens with one attached hydrogen (secondary N) is 1. The fourth-order valence-corrected chi connectivity index (χ4v) is 5.62. The Kier molecular flexibility index (Phi) is 8.06. The van der Waals surface area contributed by atoms with Crippen molar-refractivity contribution in [2.75, 3.05) is 11.9 Å². The molecule has 37 heavy (non-hydrogen) atoms. The summed E-state index contributed by atoms with van der Waals surface area (Å²) in [5, 5.41) is 7.04. The van der Waals surface area contributed by atoms with Crippen LogP contribution >= 0.6 is 11.3 Å². The van der Waals surface area contributed by atoms with E-state index in [-0.39, 0.29) is 30.5 Å². The second-order valence-electron chi connectivity index (χ2n) is 9.02. The first-order chi connectivity index (χ1) is 17.8. The molecule has 12 heteroatoms. The van der Waals surface area contributed by atoms with Gasteiger partial charge in [0.2, 0.25) is 5.91 Å². The lowest BCUT2D eigenvalue weighted by molar-refractivity contribution is -0.119. The number of aryl methyl sites for hydroxylation is 2. The lowest BCUT2D eigenvalue weighted by Gasteiger charge is -2.21. The number of ether oxygens (including phenoxy) is 2. The molecule has 0 aliphatic heterocycles. The smallest absolute Gasteiger partial charge is 0.348 e. The molecule has 0 aromatic carbocycles. The summed E-state index contributed by atoms with van der Waals surface area (Å²) in [7, 11) is 1.59. The number of amides is 1. The summed E-state index contributed by atoms with van der Waals surface area (Å²) >= 11 is 1.12. The van der Waals surface area contributed by atoms with Gasteiger partial charge in [-0.15, -0.1) is 11.3 Å². The topological polar surface area (TPSA) is 134 Å². The Hall–Kier alpha value is -3.54. The van der Waals surface area contributed by atoms with E-state index in [0.717, 1.165) is 43.4 Å². The average Bonchev–Trinajstić information content (AvgIpc) is 3.41. The van der Waals surface area contributed by atoms with Crippen molar-refractivity contribution in [1.29, 1.82) is 0 Å². The molecular formula is C25H31N5O6S. The zero-order valence-electron chi connectivity index (χ0n) is 21.4. The number of nitrogens with zero attached hydrogens (tertiary/aromatic N) is 4. The molecule has 3 heterocycles. The van der Waals surface area contributed by atoms with Crippen LogP contribution in [0.4, 0.5) is 5.82 Å². The minimum absolute atomic E-state index is 0.102. The van der Waals surface area contributed by atoms with Gasteiger partial charge in [0.25, 0.3) is 5.56 Å². The predicted octanol–water partition coefficient (Wildman–Crippen LogP) is 3.76. The van der Waals surface area contributed by atoms with Gasteiger partial charge < -0.3 is 14.8 Å². The number of aromatic nitrogens is 4. The highest BCUT2D eigenvalue weighted by atomic mass is 32.1. The maximum atomic E-state index is 13.5. The van der Waals surface area contributed by atoms with E-state index in [4.69, 9.17) is 9.47 Å². The van der Waals surface area contributed by atoms with Crippen molar-refractivity contribution in [3.63, 3.8) is 0 Å². The fourth-order valence-electron chi connectivity index (χ4n) is 4.59. The molecule has 1 unspecified atom stereocenters. The summed E-state index contributed by atoms with van der Waals surface area (Å²) < 4.78 is 13.4. The molecule has 198 valence electrons. The number of hydrogen-bond acceptors (Lipinski definition) is 9. The Morgan fingerprint density at radius 1 is 1.19 bits per heavy atom. The maximum Gasteiger partial charge on any atom is 0.348 e. The van der Waals surface area contributed by atoms with Gasteiger partial charge in [-0.3, -0.25) is 18.8 Å². The number of carbonyl (C=O) groups excluding carboxylic acids is 3. The number of fused-ring (bicyclic) bond motifs is 1. The van der Waals surface area contributed by atoms with Crippen molar-refractivity contribution < 1.29 is 23.9 Å². The number of rotatable bonds is 8. The number of thiophene rings is 1. The number of esters is 2. The Bertz CT molecular complexity index is 1380. The van der Waals surface area contributed by atoms with Crippen LogP contribution in [0.15, 0.2) is 17.3 Å². The molecule has 3 aromatic rings. The maximum absolute atomic E-state index is 13.5. The van der Waals surface area contributed by atoms with Crippen molar-refractivity contribution in [2.45, 2.75) is 71.4 Å². The fraction of sp³-hybridized carbons (Fsp3) is 0.520. The molecule has 1 N–H and O–H groups in total. The Morgan fingerprint density at radius 3 is 2.59 bits per heavy atom. The van der Waals surface area contributed by atoms with E-state index in [1.54, 1.807) is 27.8 Å². The van der Waals surface area contributed by atoms with E-state index in [1.807, 2.05) is 0 Å². The van der Waals surface area contributed by atoms with Crippen molar-refractivity contribution in [2.24, 2.45) is 7.05 Å². The molecule has 11 nitrogen and oxygen atoms in total. The van der Waals surface area contributed by atoms with E-state index in [1.165, 1.54) is 21.8 Å². The van der Waals surface area contributed by atoms with Gasteiger partial charge in [-0.05, 0) is 51.5 Å². The Morgan fingerprint density at radius 2 is 1.92 bits per heavy atom. The molecule has 1 aliphatic carbocycles. The highest BCUT2D eigenvalue weighted by Gasteiger charge is 2.28. The van der Waals surface area contributed by atoms with Crippen LogP contribution in [0.3, 0.4) is 0 Å². The van der Waals surface area contributed by atoms with Gasteiger partial charge in [0.1, 0.15) is 33.2 Å². The molecular weight excluding hydrogens is 498 g/mol. The van der Waals surface area contributed by atoms with Crippen LogP contribution in [0, 0.1) is 6.92 Å². The number of carbonyl (C=O) groups is 3. The van der Waals surface area contributed by atoms with E-state index in [2.05, 4.69) is 15.4 Å². The second-order valence-corrected chi connectivity index (χ2v) is 10.0. The first-order valence-corrected chi connectivity index (χ1v) is 13.3. The SMILES string of the molecule is CCOC(=O)c1cnn(C)c1NC(=O)C(CC)n1cnc2sc(C(=O)OC3CCCCC3)c(C)c2c1=O. The largest absolute Gasteiger partial charge is 0.462 e. The van der Waals surface area contributed by atoms with Gasteiger partial charge in [-0.1, -0.05) is 13.3 Å². The number of hydrogen-bond donors (Lipinski definition) is 1. The normalized spacial score (nSPS) is 14.9. The van der Waals surface area contributed by atoms with Gasteiger partial charge in [-0.25, -0.2) is 14.6 Å². The molecule has 3 aromatic heterocycles. The summed E-state index contributed by atoms with van der Waals surface area (Å²) in [5.41, 5.74) is 0.190. The third kappa shape index (κ3) is 5.29. The third-order valence-corrected chi connectivity index (χ3v) is 7.77. The molecule has 0 saturated heterocycles. The summed E-state index contributed by atoms with van der Waals surface area (Å²) in [6.45, 7) is 5.33. The van der Waals surface area contributed by atoms with Crippen molar-refractivity contribution in [3.8, 4) is 0 Å². The Balaban J connectivity index is 1.62. The minimum atomic E-state index is -0.911. The highest BCUT2D eigenvalue weighted by Crippen LogP contribution is 2.30. The number of anilines is 1. The molecule has 1 amide bonds. The van der Waals surface area contributed by atoms with Gasteiger partial charge in [-0.2, -0.15) is 5.10 Å². The second kappa shape index (κ2) is 11.2. The summed E-state index contributed by atoms with van der Waals surface area (Å²) in [5.74, 6) is -1.39. The first-order valence-electron chi connectivity index (χ1n) is 12.5. The first kappa shape index (κ1) is 26.5. The van der Waals surface area contributed by atoms with E-state index in [0.29, 0.717) is 20.7 Å². The molecule has 0 spiro atoms. The molecule has 1 fully saturated rings. The van der Waals surface area contributed by atoms with Gasteiger partial charge in [0.05, 0.1) is 24.5 Å². The van der Waals surface area contributed by atoms with Crippen LogP contribution in [0.5, 0.6) is 0 Å². The summed E-state index contributed by atoms with van der Waals surface area (Å²) in [6, 6.07) is -0.911. The van der Waals surface area contributed by atoms with Crippen LogP contribution in [0.25, 0.3) is 10.2 Å². The van der Waals surface area contributed by atoms with Crippen LogP contribution < -0.4 is 10.9 Å². The molecule has 0 radical (unpaired) electrons. The van der Waals surface area contributed by atoms with E-state index >= 15 is 0 Å². The van der Waals surface area contributed by atoms with Crippen molar-refractivity contribution in [1.82, 2.24) is 19.3 Å². The zero-order valence-corrected chi connectivity index (χ0v) is 22.2. The molecule has 1 aliphatic rings. The summed E-state index contributed by atoms with van der Waals surface area (Å²) in [6.07, 6.45) is 7.74. The molecule has 4 rings (SSSR count). The van der Waals surface area contributed by atoms with Crippen molar-refractivity contribution >= 4 is 45.2 Å². The van der Waals surface area contributed by atoms with Crippen LogP contribution in [0.1, 0.15) is 84.0 Å². The lowest BCUT2D eigenvalue weighted by Crippen LogP contribution is -2.34. The van der Waals surface area contributed by atoms with Crippen molar-refractivity contribution in [3.05, 3.63) is 38.9 Å². The monoisotopic (exact) mass is 529 g/mol. The molecule has 1 atom stereocenters. The van der Waals surface area contributed by atoms with Gasteiger partial charge in [0.15, 0.2) is 0 Å². The lowest BCUT2D eigenvalue weighted by atomic mass is 9.98. The predicted molar refractivity (Wildman–Crippen MR) is 138 cm³/mol. The molecule has 0 bridgehead atoms. The zero-order chi connectivity index (χ0) is 26.7.